The minimum atomic E-state index is -0.0751. The van der Waals surface area contributed by atoms with Gasteiger partial charge in [0, 0.05) is 38.1 Å². The molecule has 3 atom stereocenters. The number of carbonyl (C=O) groups is 1. The van der Waals surface area contributed by atoms with Gasteiger partial charge in [-0.2, -0.15) is 0 Å². The summed E-state index contributed by atoms with van der Waals surface area (Å²) in [4.78, 5) is 16.4. The third-order valence-corrected chi connectivity index (χ3v) is 5.33. The molecule has 2 heterocycles. The third-order valence-electron chi connectivity index (χ3n) is 5.33. The summed E-state index contributed by atoms with van der Waals surface area (Å²) in [6.07, 6.45) is 2.20. The van der Waals surface area contributed by atoms with Crippen molar-refractivity contribution in [1.82, 2.24) is 4.90 Å². The lowest BCUT2D eigenvalue weighted by atomic mass is 9.88. The van der Waals surface area contributed by atoms with E-state index in [1.165, 1.54) is 11.3 Å². The van der Waals surface area contributed by atoms with Gasteiger partial charge in [0.25, 0.3) is 0 Å². The molecule has 3 unspecified atom stereocenters. The Labute approximate surface area is 133 Å². The van der Waals surface area contributed by atoms with E-state index >= 15 is 0 Å². The van der Waals surface area contributed by atoms with Crippen LogP contribution in [0.5, 0.6) is 0 Å². The minimum absolute atomic E-state index is 0.0751. The Balaban J connectivity index is 2.04. The number of nitrogens with one attached hydrogen (secondary N) is 1. The second kappa shape index (κ2) is 5.92. The smallest absolute Gasteiger partial charge is 0.142 e. The summed E-state index contributed by atoms with van der Waals surface area (Å²) >= 11 is 0. The molecule has 3 rings (SSSR count). The van der Waals surface area contributed by atoms with E-state index in [-0.39, 0.29) is 6.04 Å². The second-order valence-corrected chi connectivity index (χ2v) is 6.83. The van der Waals surface area contributed by atoms with E-state index in [4.69, 9.17) is 0 Å². The highest BCUT2D eigenvalue weighted by Gasteiger charge is 2.44. The number of nitrogens with zero attached hydrogens (tertiary/aromatic N) is 2. The highest BCUT2D eigenvalue weighted by atomic mass is 16.1. The lowest BCUT2D eigenvalue weighted by molar-refractivity contribution is -0.108. The SMILES string of the molecule is CNc1cccc2c1N(C(C)C=O)C1CCN(C(C)C)CC21. The van der Waals surface area contributed by atoms with Crippen molar-refractivity contribution in [2.45, 2.75) is 51.2 Å². The van der Waals surface area contributed by atoms with E-state index in [1.807, 2.05) is 14.0 Å². The zero-order valence-electron chi connectivity index (χ0n) is 14.0. The zero-order chi connectivity index (χ0) is 15.9. The van der Waals surface area contributed by atoms with Gasteiger partial charge in [-0.25, -0.2) is 0 Å². The summed E-state index contributed by atoms with van der Waals surface area (Å²) in [5, 5.41) is 3.31. The lowest BCUT2D eigenvalue weighted by Gasteiger charge is -2.41. The number of fused-ring (bicyclic) bond motifs is 3. The fraction of sp³-hybridized carbons (Fsp3) is 0.611. The maximum Gasteiger partial charge on any atom is 0.142 e. The molecule has 0 amide bonds. The molecule has 2 aliphatic rings. The molecule has 1 aromatic rings. The van der Waals surface area contributed by atoms with Gasteiger partial charge in [0.15, 0.2) is 0 Å². The standard InChI is InChI=1S/C18H27N3O/c1-12(2)20-9-8-17-15(10-20)14-6-5-7-16(19-4)18(14)21(17)13(3)11-22/h5-7,11-13,15,17,19H,8-10H2,1-4H3. The monoisotopic (exact) mass is 301 g/mol. The summed E-state index contributed by atoms with van der Waals surface area (Å²) in [6.45, 7) is 8.76. The van der Waals surface area contributed by atoms with E-state index in [0.29, 0.717) is 18.0 Å². The Morgan fingerprint density at radius 1 is 1.32 bits per heavy atom. The number of rotatable bonds is 4. The van der Waals surface area contributed by atoms with E-state index in [9.17, 15) is 4.79 Å². The van der Waals surface area contributed by atoms with Gasteiger partial charge in [-0.05, 0) is 38.8 Å². The first-order valence-electron chi connectivity index (χ1n) is 8.36. The van der Waals surface area contributed by atoms with Crippen molar-refractivity contribution in [2.24, 2.45) is 0 Å². The molecule has 1 N–H and O–H groups in total. The quantitative estimate of drug-likeness (QED) is 0.867. The number of hydrogen-bond acceptors (Lipinski definition) is 4. The van der Waals surface area contributed by atoms with Gasteiger partial charge >= 0.3 is 0 Å². The van der Waals surface area contributed by atoms with Gasteiger partial charge in [0.2, 0.25) is 0 Å². The molecule has 0 aliphatic carbocycles. The van der Waals surface area contributed by atoms with Crippen molar-refractivity contribution in [3.05, 3.63) is 23.8 Å². The van der Waals surface area contributed by atoms with Crippen molar-refractivity contribution < 1.29 is 4.79 Å². The van der Waals surface area contributed by atoms with Crippen LogP contribution < -0.4 is 10.2 Å². The largest absolute Gasteiger partial charge is 0.386 e. The van der Waals surface area contributed by atoms with Crippen LogP contribution in [0, 0.1) is 0 Å². The molecule has 1 aromatic carbocycles. The molecule has 0 aromatic heterocycles. The fourth-order valence-electron chi connectivity index (χ4n) is 4.16. The van der Waals surface area contributed by atoms with E-state index in [2.05, 4.69) is 47.2 Å². The second-order valence-electron chi connectivity index (χ2n) is 6.83. The molecule has 4 nitrogen and oxygen atoms in total. The Hall–Kier alpha value is -1.55. The first-order valence-corrected chi connectivity index (χ1v) is 8.36. The van der Waals surface area contributed by atoms with Gasteiger partial charge in [-0.1, -0.05) is 12.1 Å². The first-order chi connectivity index (χ1) is 10.6. The van der Waals surface area contributed by atoms with Crippen LogP contribution in [0.15, 0.2) is 18.2 Å². The highest BCUT2D eigenvalue weighted by Crippen LogP contribution is 2.49. The van der Waals surface area contributed by atoms with Gasteiger partial charge in [0.1, 0.15) is 6.29 Å². The van der Waals surface area contributed by atoms with Crippen LogP contribution in [0.1, 0.15) is 38.7 Å². The average molecular weight is 301 g/mol. The molecule has 2 aliphatic heterocycles. The molecule has 120 valence electrons. The fourth-order valence-corrected chi connectivity index (χ4v) is 4.16. The van der Waals surface area contributed by atoms with E-state index < -0.39 is 0 Å². The van der Waals surface area contributed by atoms with E-state index in [1.54, 1.807) is 0 Å². The van der Waals surface area contributed by atoms with Crippen molar-refractivity contribution >= 4 is 17.7 Å². The molecule has 4 heteroatoms. The first kappa shape index (κ1) is 15.3. The van der Waals surface area contributed by atoms with Crippen LogP contribution in [0.4, 0.5) is 11.4 Å². The van der Waals surface area contributed by atoms with Gasteiger partial charge in [-0.3, -0.25) is 0 Å². The maximum absolute atomic E-state index is 11.5. The Morgan fingerprint density at radius 3 is 2.73 bits per heavy atom. The zero-order valence-corrected chi connectivity index (χ0v) is 14.0. The van der Waals surface area contributed by atoms with Crippen molar-refractivity contribution in [3.8, 4) is 0 Å². The highest BCUT2D eigenvalue weighted by molar-refractivity contribution is 5.82. The number of anilines is 2. The van der Waals surface area contributed by atoms with Crippen LogP contribution >= 0.6 is 0 Å². The molecule has 1 saturated heterocycles. The molecule has 0 radical (unpaired) electrons. The summed E-state index contributed by atoms with van der Waals surface area (Å²) in [5.41, 5.74) is 3.78. The summed E-state index contributed by atoms with van der Waals surface area (Å²) in [5.74, 6) is 0.502. The third kappa shape index (κ3) is 2.30. The van der Waals surface area contributed by atoms with Crippen LogP contribution in [0.2, 0.25) is 0 Å². The molecule has 0 bridgehead atoms. The number of aldehydes is 1. The lowest BCUT2D eigenvalue weighted by Crippen LogP contribution is -2.50. The Kier molecular flexibility index (Phi) is 4.13. The van der Waals surface area contributed by atoms with Gasteiger partial charge < -0.3 is 19.9 Å². The average Bonchev–Trinajstić information content (AvgIpc) is 2.87. The summed E-state index contributed by atoms with van der Waals surface area (Å²) in [6, 6.07) is 7.43. The van der Waals surface area contributed by atoms with Gasteiger partial charge in [0.05, 0.1) is 17.4 Å². The van der Waals surface area contributed by atoms with Crippen LogP contribution in [-0.4, -0.2) is 49.4 Å². The normalized spacial score (nSPS) is 25.8. The summed E-state index contributed by atoms with van der Waals surface area (Å²) < 4.78 is 0. The van der Waals surface area contributed by atoms with Gasteiger partial charge in [-0.15, -0.1) is 0 Å². The predicted molar refractivity (Wildman–Crippen MR) is 91.8 cm³/mol. The maximum atomic E-state index is 11.5. The van der Waals surface area contributed by atoms with Crippen LogP contribution in [0.3, 0.4) is 0 Å². The number of carbonyl (C=O) groups excluding carboxylic acids is 1. The van der Waals surface area contributed by atoms with Crippen molar-refractivity contribution in [1.29, 1.82) is 0 Å². The number of hydrogen-bond donors (Lipinski definition) is 1. The number of benzene rings is 1. The van der Waals surface area contributed by atoms with Crippen molar-refractivity contribution in [3.63, 3.8) is 0 Å². The molecule has 0 saturated carbocycles. The van der Waals surface area contributed by atoms with Crippen molar-refractivity contribution in [2.75, 3.05) is 30.4 Å². The number of likely N-dealkylation sites (tertiary alicyclic amines) is 1. The van der Waals surface area contributed by atoms with Crippen LogP contribution in [0.25, 0.3) is 0 Å². The number of para-hydroxylation sites is 1. The molecule has 22 heavy (non-hydrogen) atoms. The molecule has 1 fully saturated rings. The Morgan fingerprint density at radius 2 is 2.09 bits per heavy atom. The van der Waals surface area contributed by atoms with E-state index in [0.717, 1.165) is 31.5 Å². The molecule has 0 spiro atoms. The molecular weight excluding hydrogens is 274 g/mol. The predicted octanol–water partition coefficient (Wildman–Crippen LogP) is 2.70. The number of piperidine rings is 1. The minimum Gasteiger partial charge on any atom is -0.386 e. The topological polar surface area (TPSA) is 35.6 Å². The Bertz CT molecular complexity index is 557. The molecular formula is C18H27N3O. The summed E-state index contributed by atoms with van der Waals surface area (Å²) in [7, 11) is 1.96. The van der Waals surface area contributed by atoms with Crippen LogP contribution in [-0.2, 0) is 4.79 Å².